The number of amides is 1. The van der Waals surface area contributed by atoms with E-state index in [9.17, 15) is 19.7 Å². The molecule has 0 aliphatic carbocycles. The molecular formula is C24H29N7O5. The quantitative estimate of drug-likeness (QED) is 0.0621. The number of nitrogens with one attached hydrogen (secondary N) is 3. The van der Waals surface area contributed by atoms with Crippen LogP contribution in [0.1, 0.15) is 24.0 Å². The van der Waals surface area contributed by atoms with Crippen molar-refractivity contribution in [3.63, 3.8) is 0 Å². The van der Waals surface area contributed by atoms with Crippen molar-refractivity contribution >= 4 is 28.7 Å². The molecule has 12 heteroatoms. The second kappa shape index (κ2) is 12.3. The van der Waals surface area contributed by atoms with Gasteiger partial charge in [0.25, 0.3) is 0 Å². The molecule has 1 heterocycles. The molecule has 190 valence electrons. The largest absolute Gasteiger partial charge is 0.459 e. The molecule has 2 unspecified atom stereocenters. The highest BCUT2D eigenvalue weighted by atomic mass is 16.7. The molecule has 12 nitrogen and oxygen atoms in total. The van der Waals surface area contributed by atoms with Crippen LogP contribution in [-0.4, -0.2) is 51.5 Å². The van der Waals surface area contributed by atoms with Gasteiger partial charge in [-0.2, -0.15) is 0 Å². The summed E-state index contributed by atoms with van der Waals surface area (Å²) >= 11 is 0. The summed E-state index contributed by atoms with van der Waals surface area (Å²) in [5, 5.41) is 22.0. The monoisotopic (exact) mass is 495 g/mol. The number of hydrogen-bond acceptors (Lipinski definition) is 7. The van der Waals surface area contributed by atoms with Gasteiger partial charge in [-0.3, -0.25) is 10.2 Å². The minimum atomic E-state index is -1.51. The summed E-state index contributed by atoms with van der Waals surface area (Å²) in [6.07, 6.45) is 1.85. The number of aromatic amines is 1. The third-order valence-electron chi connectivity index (χ3n) is 5.59. The number of carbonyl (C=O) groups excluding carboxylic acids is 2. The Bertz CT molecular complexity index is 1210. The van der Waals surface area contributed by atoms with E-state index in [0.29, 0.717) is 5.56 Å². The van der Waals surface area contributed by atoms with Crippen molar-refractivity contribution in [1.82, 2.24) is 15.3 Å². The van der Waals surface area contributed by atoms with Crippen LogP contribution in [-0.2, 0) is 27.4 Å². The van der Waals surface area contributed by atoms with Crippen LogP contribution < -0.4 is 16.8 Å². The van der Waals surface area contributed by atoms with Crippen molar-refractivity contribution in [2.45, 2.75) is 38.0 Å². The van der Waals surface area contributed by atoms with Crippen LogP contribution in [0, 0.1) is 15.5 Å². The van der Waals surface area contributed by atoms with E-state index in [4.69, 9.17) is 21.6 Å². The average Bonchev–Trinajstić information content (AvgIpc) is 3.27. The molecule has 0 aliphatic rings. The summed E-state index contributed by atoms with van der Waals surface area (Å²) in [7, 11) is 0. The lowest BCUT2D eigenvalue weighted by molar-refractivity contribution is -0.640. The van der Waals surface area contributed by atoms with Gasteiger partial charge in [-0.1, -0.05) is 48.5 Å². The van der Waals surface area contributed by atoms with Crippen LogP contribution in [0.3, 0.4) is 0 Å². The van der Waals surface area contributed by atoms with Gasteiger partial charge >= 0.3 is 11.9 Å². The maximum Gasteiger partial charge on any atom is 0.335 e. The number of carbonyl (C=O) groups is 2. The van der Waals surface area contributed by atoms with Gasteiger partial charge in [-0.25, -0.2) is 14.9 Å². The van der Waals surface area contributed by atoms with E-state index in [1.165, 1.54) is 0 Å². The molecule has 2 aromatic carbocycles. The highest BCUT2D eigenvalue weighted by Gasteiger charge is 2.42. The van der Waals surface area contributed by atoms with E-state index in [1.807, 2.05) is 24.3 Å². The summed E-state index contributed by atoms with van der Waals surface area (Å²) in [5.74, 6) is -2.21. The summed E-state index contributed by atoms with van der Waals surface area (Å²) in [6, 6.07) is 13.5. The standard InChI is InChI=1S/C24H29N7O5/c25-19(13-17-14-29-20-10-5-4-9-18(17)20)22(32)30(31(34)35)21(11-6-12-28-24(26)27)23(33)36-15-16-7-2-1-3-8-16/h1-5,7-10,14,19,21,29H,6,11-13,15,25H2,(H4,26,27,28). The highest BCUT2D eigenvalue weighted by molar-refractivity contribution is 5.88. The second-order valence-corrected chi connectivity index (χ2v) is 8.18. The van der Waals surface area contributed by atoms with Crippen LogP contribution >= 0.6 is 0 Å². The number of rotatable bonds is 12. The summed E-state index contributed by atoms with van der Waals surface area (Å²) < 4.78 is 5.32. The van der Waals surface area contributed by atoms with E-state index in [-0.39, 0.29) is 43.4 Å². The number of hydrogen-bond donors (Lipinski definition) is 5. The van der Waals surface area contributed by atoms with Crippen LogP contribution in [0.15, 0.2) is 60.8 Å². The van der Waals surface area contributed by atoms with Crippen LogP contribution in [0.5, 0.6) is 0 Å². The molecule has 7 N–H and O–H groups in total. The third-order valence-corrected chi connectivity index (χ3v) is 5.59. The molecule has 0 saturated heterocycles. The summed E-state index contributed by atoms with van der Waals surface area (Å²) in [6.45, 7) is 0.0714. The summed E-state index contributed by atoms with van der Waals surface area (Å²) in [5.41, 5.74) is 13.7. The van der Waals surface area contributed by atoms with Crippen molar-refractivity contribution < 1.29 is 19.4 Å². The average molecular weight is 496 g/mol. The van der Waals surface area contributed by atoms with Gasteiger partial charge in [0.05, 0.1) is 6.04 Å². The molecule has 1 aromatic heterocycles. The number of esters is 1. The first-order valence-electron chi connectivity index (χ1n) is 11.3. The molecule has 0 saturated carbocycles. The molecule has 0 bridgehead atoms. The number of guanidine groups is 1. The number of hydrazine groups is 1. The van der Waals surface area contributed by atoms with E-state index in [1.54, 1.807) is 36.5 Å². The highest BCUT2D eigenvalue weighted by Crippen LogP contribution is 2.20. The number of fused-ring (bicyclic) bond motifs is 1. The molecule has 0 radical (unpaired) electrons. The van der Waals surface area contributed by atoms with Crippen LogP contribution in [0.25, 0.3) is 10.9 Å². The molecule has 2 atom stereocenters. The number of H-pyrrole nitrogens is 1. The predicted molar refractivity (Wildman–Crippen MR) is 133 cm³/mol. The van der Waals surface area contributed by atoms with Crippen molar-refractivity contribution in [3.05, 3.63) is 82.0 Å². The number of nitrogens with zero attached hydrogens (tertiary/aromatic N) is 2. The zero-order valence-electron chi connectivity index (χ0n) is 19.6. The lowest BCUT2D eigenvalue weighted by Gasteiger charge is -2.24. The Kier molecular flexibility index (Phi) is 8.95. The van der Waals surface area contributed by atoms with Gasteiger partial charge in [0.1, 0.15) is 6.61 Å². The Labute approximate surface area is 207 Å². The van der Waals surface area contributed by atoms with Crippen molar-refractivity contribution in [1.29, 1.82) is 5.41 Å². The lowest BCUT2D eigenvalue weighted by atomic mass is 10.0. The first-order chi connectivity index (χ1) is 17.3. The molecule has 3 aromatic rings. The smallest absolute Gasteiger partial charge is 0.335 e. The zero-order valence-corrected chi connectivity index (χ0v) is 19.6. The fraction of sp³-hybridized carbons (Fsp3) is 0.292. The Morgan fingerprint density at radius 1 is 1.17 bits per heavy atom. The summed E-state index contributed by atoms with van der Waals surface area (Å²) in [4.78, 5) is 41.2. The van der Waals surface area contributed by atoms with Crippen molar-refractivity contribution in [2.75, 3.05) is 6.54 Å². The normalized spacial score (nSPS) is 12.5. The van der Waals surface area contributed by atoms with Crippen LogP contribution in [0.4, 0.5) is 0 Å². The number of benzene rings is 2. The topological polar surface area (TPSA) is 193 Å². The molecule has 0 spiro atoms. The van der Waals surface area contributed by atoms with Gasteiger partial charge in [-0.05, 0) is 41.5 Å². The minimum absolute atomic E-state index is 0.0326. The molecular weight excluding hydrogens is 466 g/mol. The maximum atomic E-state index is 13.2. The SMILES string of the molecule is N=C(N)NCCCC(C(=O)OCc1ccccc1)N(C(=O)C(N)Cc1c[nH]c2ccccc12)[N+](=O)[O-]. The fourth-order valence-electron chi connectivity index (χ4n) is 3.83. The number of nitro groups is 1. The van der Waals surface area contributed by atoms with E-state index in [2.05, 4.69) is 10.3 Å². The van der Waals surface area contributed by atoms with Gasteiger partial charge in [0, 0.05) is 23.6 Å². The van der Waals surface area contributed by atoms with Gasteiger partial charge < -0.3 is 26.5 Å². The molecule has 1 amide bonds. The van der Waals surface area contributed by atoms with Crippen molar-refractivity contribution in [3.8, 4) is 0 Å². The number of para-hydroxylation sites is 1. The number of aromatic nitrogens is 1. The third kappa shape index (κ3) is 6.79. The minimum Gasteiger partial charge on any atom is -0.459 e. The molecule has 0 aliphatic heterocycles. The Morgan fingerprint density at radius 2 is 1.86 bits per heavy atom. The maximum absolute atomic E-state index is 13.2. The second-order valence-electron chi connectivity index (χ2n) is 8.18. The van der Waals surface area contributed by atoms with E-state index >= 15 is 0 Å². The predicted octanol–water partition coefficient (Wildman–Crippen LogP) is 1.43. The first-order valence-corrected chi connectivity index (χ1v) is 11.3. The van der Waals surface area contributed by atoms with Gasteiger partial charge in [0.2, 0.25) is 0 Å². The van der Waals surface area contributed by atoms with E-state index < -0.39 is 29.0 Å². The fourth-order valence-corrected chi connectivity index (χ4v) is 3.83. The zero-order chi connectivity index (χ0) is 26.1. The Morgan fingerprint density at radius 3 is 2.56 bits per heavy atom. The lowest BCUT2D eigenvalue weighted by Crippen LogP contribution is -2.55. The Hall–Kier alpha value is -4.45. The van der Waals surface area contributed by atoms with Gasteiger partial charge in [-0.15, -0.1) is 0 Å². The van der Waals surface area contributed by atoms with Gasteiger partial charge in [0.15, 0.2) is 17.0 Å². The Balaban J connectivity index is 1.77. The molecule has 3 rings (SSSR count). The molecule has 36 heavy (non-hydrogen) atoms. The molecule has 0 fully saturated rings. The van der Waals surface area contributed by atoms with Crippen LogP contribution in [0.2, 0.25) is 0 Å². The first kappa shape index (κ1) is 26.2. The number of nitrogens with two attached hydrogens (primary N) is 2. The number of ether oxygens (including phenoxy) is 1. The van der Waals surface area contributed by atoms with E-state index in [0.717, 1.165) is 16.5 Å². The van der Waals surface area contributed by atoms with Crippen molar-refractivity contribution in [2.24, 2.45) is 11.5 Å².